The Morgan fingerprint density at radius 1 is 1.09 bits per heavy atom. The molecule has 1 saturated carbocycles. The lowest BCUT2D eigenvalue weighted by atomic mass is 9.91. The van der Waals surface area contributed by atoms with Crippen LogP contribution in [0.4, 0.5) is 5.82 Å². The standard InChI is InChI=1S/C18H26N3O2/c1-3-15(4-1)20-9-11-21(12-10-20)17-5-2-6-18(19-17)23-16-7-13-22-14-8-16/h2,6,15-16H,1,3-4,7-14H2. The van der Waals surface area contributed by atoms with Crippen LogP contribution in [0.2, 0.25) is 0 Å². The Kier molecular flexibility index (Phi) is 4.67. The highest BCUT2D eigenvalue weighted by atomic mass is 16.5. The van der Waals surface area contributed by atoms with Gasteiger partial charge >= 0.3 is 0 Å². The van der Waals surface area contributed by atoms with Gasteiger partial charge in [0.05, 0.1) is 13.2 Å². The molecule has 4 rings (SSSR count). The minimum Gasteiger partial charge on any atom is -0.474 e. The molecule has 0 aromatic carbocycles. The highest BCUT2D eigenvalue weighted by Crippen LogP contribution is 2.27. The summed E-state index contributed by atoms with van der Waals surface area (Å²) >= 11 is 0. The van der Waals surface area contributed by atoms with Crippen LogP contribution in [0.25, 0.3) is 0 Å². The lowest BCUT2D eigenvalue weighted by Gasteiger charge is -2.43. The van der Waals surface area contributed by atoms with Gasteiger partial charge in [-0.05, 0) is 18.9 Å². The summed E-state index contributed by atoms with van der Waals surface area (Å²) in [6.07, 6.45) is 6.33. The van der Waals surface area contributed by atoms with Crippen molar-refractivity contribution in [1.29, 1.82) is 0 Å². The van der Waals surface area contributed by atoms with Gasteiger partial charge < -0.3 is 14.4 Å². The first-order valence-corrected chi connectivity index (χ1v) is 9.00. The van der Waals surface area contributed by atoms with Crippen LogP contribution in [-0.2, 0) is 4.74 Å². The maximum Gasteiger partial charge on any atom is 0.215 e. The fourth-order valence-electron chi connectivity index (χ4n) is 3.60. The van der Waals surface area contributed by atoms with E-state index in [2.05, 4.69) is 20.9 Å². The smallest absolute Gasteiger partial charge is 0.215 e. The maximum atomic E-state index is 6.02. The third-order valence-corrected chi connectivity index (χ3v) is 5.32. The second-order valence-corrected chi connectivity index (χ2v) is 6.79. The van der Waals surface area contributed by atoms with Gasteiger partial charge in [-0.25, -0.2) is 0 Å². The summed E-state index contributed by atoms with van der Waals surface area (Å²) in [5, 5.41) is 0. The van der Waals surface area contributed by atoms with Crippen molar-refractivity contribution < 1.29 is 9.47 Å². The molecule has 0 amide bonds. The molecule has 1 aliphatic carbocycles. The molecule has 0 atom stereocenters. The van der Waals surface area contributed by atoms with Crippen LogP contribution in [0.15, 0.2) is 12.1 Å². The molecule has 0 bridgehead atoms. The van der Waals surface area contributed by atoms with Crippen LogP contribution in [-0.4, -0.2) is 61.4 Å². The minimum absolute atomic E-state index is 0.238. The first-order chi connectivity index (χ1) is 11.4. The van der Waals surface area contributed by atoms with Gasteiger partial charge in [0.1, 0.15) is 11.9 Å². The molecule has 125 valence electrons. The summed E-state index contributed by atoms with van der Waals surface area (Å²) < 4.78 is 11.4. The number of ether oxygens (including phenoxy) is 2. The van der Waals surface area contributed by atoms with Crippen molar-refractivity contribution in [2.45, 2.75) is 44.2 Å². The Bertz CT molecular complexity index is 507. The van der Waals surface area contributed by atoms with E-state index in [1.807, 2.05) is 12.1 Å². The van der Waals surface area contributed by atoms with Gasteiger partial charge in [-0.15, -0.1) is 0 Å². The predicted molar refractivity (Wildman–Crippen MR) is 89.0 cm³/mol. The Morgan fingerprint density at radius 3 is 2.57 bits per heavy atom. The van der Waals surface area contributed by atoms with Crippen molar-refractivity contribution in [3.05, 3.63) is 18.2 Å². The fraction of sp³-hybridized carbons (Fsp3) is 0.722. The quantitative estimate of drug-likeness (QED) is 0.850. The van der Waals surface area contributed by atoms with Crippen molar-refractivity contribution in [3.63, 3.8) is 0 Å². The first-order valence-electron chi connectivity index (χ1n) is 9.00. The van der Waals surface area contributed by atoms with E-state index in [-0.39, 0.29) is 6.10 Å². The van der Waals surface area contributed by atoms with Crippen LogP contribution in [0.1, 0.15) is 32.1 Å². The molecule has 3 aliphatic rings. The Hall–Kier alpha value is -1.33. The van der Waals surface area contributed by atoms with Gasteiger partial charge in [-0.3, -0.25) is 4.90 Å². The Labute approximate surface area is 138 Å². The number of rotatable bonds is 4. The van der Waals surface area contributed by atoms with Gasteiger partial charge in [-0.2, -0.15) is 4.98 Å². The molecule has 23 heavy (non-hydrogen) atoms. The number of hydrogen-bond donors (Lipinski definition) is 0. The molecular formula is C18H26N3O2. The molecule has 1 aromatic rings. The molecule has 1 radical (unpaired) electrons. The van der Waals surface area contributed by atoms with E-state index < -0.39 is 0 Å². The van der Waals surface area contributed by atoms with Crippen LogP contribution in [0.5, 0.6) is 5.88 Å². The highest BCUT2D eigenvalue weighted by molar-refractivity contribution is 5.40. The maximum absolute atomic E-state index is 6.02. The third kappa shape index (κ3) is 3.61. The lowest BCUT2D eigenvalue weighted by Crippen LogP contribution is -2.52. The largest absolute Gasteiger partial charge is 0.474 e. The summed E-state index contributed by atoms with van der Waals surface area (Å²) in [6, 6.07) is 7.98. The number of hydrogen-bond acceptors (Lipinski definition) is 5. The Balaban J connectivity index is 1.34. The zero-order chi connectivity index (χ0) is 15.5. The number of aromatic nitrogens is 1. The Morgan fingerprint density at radius 2 is 1.87 bits per heavy atom. The summed E-state index contributed by atoms with van der Waals surface area (Å²) in [5.41, 5.74) is 0. The molecule has 2 aliphatic heterocycles. The minimum atomic E-state index is 0.238. The van der Waals surface area contributed by atoms with Crippen molar-refractivity contribution >= 4 is 5.82 Å². The van der Waals surface area contributed by atoms with Gasteiger partial charge in [0.2, 0.25) is 5.88 Å². The highest BCUT2D eigenvalue weighted by Gasteiger charge is 2.28. The number of nitrogens with zero attached hydrogens (tertiary/aromatic N) is 3. The molecule has 5 nitrogen and oxygen atoms in total. The number of pyridine rings is 1. The van der Waals surface area contributed by atoms with E-state index in [9.17, 15) is 0 Å². The average Bonchev–Trinajstić information content (AvgIpc) is 2.55. The van der Waals surface area contributed by atoms with Gasteiger partial charge in [0.25, 0.3) is 0 Å². The second-order valence-electron chi connectivity index (χ2n) is 6.79. The van der Waals surface area contributed by atoms with E-state index >= 15 is 0 Å². The van der Waals surface area contributed by atoms with E-state index in [1.54, 1.807) is 0 Å². The molecular weight excluding hydrogens is 290 g/mol. The monoisotopic (exact) mass is 316 g/mol. The summed E-state index contributed by atoms with van der Waals surface area (Å²) in [7, 11) is 0. The van der Waals surface area contributed by atoms with Crippen LogP contribution < -0.4 is 9.64 Å². The second kappa shape index (κ2) is 7.05. The summed E-state index contributed by atoms with van der Waals surface area (Å²) in [6.45, 7) is 5.96. The third-order valence-electron chi connectivity index (χ3n) is 5.32. The zero-order valence-corrected chi connectivity index (χ0v) is 13.7. The number of anilines is 1. The van der Waals surface area contributed by atoms with Crippen molar-refractivity contribution in [2.75, 3.05) is 44.3 Å². The van der Waals surface area contributed by atoms with Gasteiger partial charge in [0.15, 0.2) is 0 Å². The van der Waals surface area contributed by atoms with E-state index in [4.69, 9.17) is 9.47 Å². The molecule has 0 unspecified atom stereocenters. The van der Waals surface area contributed by atoms with Crippen LogP contribution in [0, 0.1) is 6.07 Å². The van der Waals surface area contributed by atoms with Crippen molar-refractivity contribution in [3.8, 4) is 5.88 Å². The molecule has 3 heterocycles. The van der Waals surface area contributed by atoms with Gasteiger partial charge in [0, 0.05) is 57.2 Å². The molecule has 0 N–H and O–H groups in total. The molecule has 2 saturated heterocycles. The normalized spacial score (nSPS) is 24.4. The SMILES string of the molecule is [c]1ccc(OC2CCOCC2)nc1N1CCN(C2CCC2)CC1. The van der Waals surface area contributed by atoms with E-state index in [0.717, 1.165) is 70.0 Å². The van der Waals surface area contributed by atoms with E-state index in [1.165, 1.54) is 19.3 Å². The summed E-state index contributed by atoms with van der Waals surface area (Å²) in [5.74, 6) is 1.66. The number of piperazine rings is 1. The van der Waals surface area contributed by atoms with E-state index in [0.29, 0.717) is 0 Å². The summed E-state index contributed by atoms with van der Waals surface area (Å²) in [4.78, 5) is 9.66. The first kappa shape index (κ1) is 15.2. The fourth-order valence-corrected chi connectivity index (χ4v) is 3.60. The predicted octanol–water partition coefficient (Wildman–Crippen LogP) is 2.11. The molecule has 0 spiro atoms. The molecule has 3 fully saturated rings. The van der Waals surface area contributed by atoms with Crippen LogP contribution in [0.3, 0.4) is 0 Å². The zero-order valence-electron chi connectivity index (χ0n) is 13.7. The molecule has 5 heteroatoms. The average molecular weight is 316 g/mol. The van der Waals surface area contributed by atoms with Crippen molar-refractivity contribution in [2.24, 2.45) is 0 Å². The lowest BCUT2D eigenvalue weighted by molar-refractivity contribution is 0.0237. The topological polar surface area (TPSA) is 37.8 Å². The van der Waals surface area contributed by atoms with Crippen LogP contribution >= 0.6 is 0 Å². The van der Waals surface area contributed by atoms with Gasteiger partial charge in [-0.1, -0.05) is 6.42 Å². The van der Waals surface area contributed by atoms with Crippen molar-refractivity contribution in [1.82, 2.24) is 9.88 Å². The molecule has 1 aromatic heterocycles.